The second-order valence-electron chi connectivity index (χ2n) is 5.36. The number of hydrogen-bond donors (Lipinski definition) is 0. The Morgan fingerprint density at radius 1 is 0.667 bits per heavy atom. The Labute approximate surface area is 141 Å². The van der Waals surface area contributed by atoms with Crippen molar-refractivity contribution < 1.29 is 9.90 Å². The monoisotopic (exact) mass is 315 g/mol. The number of rotatable bonds is 5. The smallest absolute Gasteiger partial charge is 0.147 e. The molecule has 3 aromatic rings. The van der Waals surface area contributed by atoms with Crippen LogP contribution >= 0.6 is 0 Å². The van der Waals surface area contributed by atoms with Crippen molar-refractivity contribution >= 4 is 23.0 Å². The Morgan fingerprint density at radius 3 is 1.29 bits per heavy atom. The lowest BCUT2D eigenvalue weighted by atomic mass is 10.1. The number of hydrogen-bond acceptors (Lipinski definition) is 2. The standard InChI is InChI=1S/C21H17NO2/c23-21(24)16-17-22(18-10-4-1-5-11-18,19-12-6-2-7-13-19)20-14-8-3-9-15-20/h1-17H/b17-16+. The molecule has 118 valence electrons. The number of carbonyl (C=O) groups is 1. The zero-order chi connectivity index (χ0) is 16.8. The Hall–Kier alpha value is -3.17. The molecule has 0 amide bonds. The average Bonchev–Trinajstić information content (AvgIpc) is 2.65. The van der Waals surface area contributed by atoms with Crippen LogP contribution in [0.2, 0.25) is 0 Å². The third-order valence-electron chi connectivity index (χ3n) is 3.92. The van der Waals surface area contributed by atoms with Gasteiger partial charge >= 0.3 is 0 Å². The summed E-state index contributed by atoms with van der Waals surface area (Å²) in [7, 11) is 0. The first-order valence-electron chi connectivity index (χ1n) is 7.69. The van der Waals surface area contributed by atoms with Gasteiger partial charge in [-0.1, -0.05) is 54.6 Å². The first-order valence-corrected chi connectivity index (χ1v) is 7.69. The molecule has 3 nitrogen and oxygen atoms in total. The van der Waals surface area contributed by atoms with Crippen molar-refractivity contribution in [2.45, 2.75) is 0 Å². The lowest BCUT2D eigenvalue weighted by Crippen LogP contribution is -2.33. The van der Waals surface area contributed by atoms with Crippen molar-refractivity contribution in [3.8, 4) is 0 Å². The van der Waals surface area contributed by atoms with E-state index in [9.17, 15) is 9.90 Å². The zero-order valence-electron chi connectivity index (χ0n) is 13.1. The van der Waals surface area contributed by atoms with Gasteiger partial charge in [0.05, 0.1) is 5.97 Å². The van der Waals surface area contributed by atoms with Gasteiger partial charge in [-0.05, 0) is 0 Å². The van der Waals surface area contributed by atoms with Crippen LogP contribution in [0.5, 0.6) is 0 Å². The molecule has 0 bridgehead atoms. The highest BCUT2D eigenvalue weighted by molar-refractivity contribution is 5.81. The number of aliphatic carboxylic acids is 1. The molecule has 3 heteroatoms. The summed E-state index contributed by atoms with van der Waals surface area (Å²) >= 11 is 0. The molecular weight excluding hydrogens is 298 g/mol. The van der Waals surface area contributed by atoms with E-state index in [1.807, 2.05) is 91.0 Å². The minimum atomic E-state index is -1.22. The third kappa shape index (κ3) is 2.98. The zero-order valence-corrected chi connectivity index (χ0v) is 13.1. The van der Waals surface area contributed by atoms with Crippen LogP contribution in [0, 0.1) is 0 Å². The van der Waals surface area contributed by atoms with Crippen LogP contribution in [-0.2, 0) is 4.79 Å². The molecule has 0 heterocycles. The highest BCUT2D eigenvalue weighted by atomic mass is 16.4. The second-order valence-corrected chi connectivity index (χ2v) is 5.36. The molecule has 0 saturated carbocycles. The SMILES string of the molecule is O=C([O-])/C=C/[N+](c1ccccc1)(c1ccccc1)c1ccccc1. The highest BCUT2D eigenvalue weighted by Gasteiger charge is 2.33. The average molecular weight is 315 g/mol. The number of nitrogens with zero attached hydrogens (tertiary/aromatic N) is 1. The van der Waals surface area contributed by atoms with E-state index in [2.05, 4.69) is 0 Å². The quantitative estimate of drug-likeness (QED) is 0.529. The fourth-order valence-corrected chi connectivity index (χ4v) is 2.87. The van der Waals surface area contributed by atoms with E-state index in [-0.39, 0.29) is 4.48 Å². The van der Waals surface area contributed by atoms with Gasteiger partial charge in [0, 0.05) is 42.5 Å². The molecule has 24 heavy (non-hydrogen) atoms. The van der Waals surface area contributed by atoms with Crippen LogP contribution < -0.4 is 9.59 Å². The molecule has 0 aromatic heterocycles. The molecule has 0 radical (unpaired) electrons. The van der Waals surface area contributed by atoms with Gasteiger partial charge in [-0.25, -0.2) is 4.48 Å². The number of benzene rings is 3. The molecule has 0 atom stereocenters. The van der Waals surface area contributed by atoms with Gasteiger partial charge in [0.25, 0.3) is 0 Å². The lowest BCUT2D eigenvalue weighted by molar-refractivity contribution is -0.297. The number of carboxylic acid groups (broad SMARTS) is 1. The van der Waals surface area contributed by atoms with E-state index in [0.29, 0.717) is 0 Å². The van der Waals surface area contributed by atoms with Crippen LogP contribution in [0.3, 0.4) is 0 Å². The van der Waals surface area contributed by atoms with E-state index < -0.39 is 5.97 Å². The van der Waals surface area contributed by atoms with Crippen LogP contribution in [0.1, 0.15) is 0 Å². The predicted molar refractivity (Wildman–Crippen MR) is 94.6 cm³/mol. The van der Waals surface area contributed by atoms with Gasteiger partial charge in [-0.3, -0.25) is 0 Å². The van der Waals surface area contributed by atoms with E-state index in [4.69, 9.17) is 0 Å². The maximum absolute atomic E-state index is 11.1. The number of quaternary nitrogens is 1. The van der Waals surface area contributed by atoms with E-state index in [0.717, 1.165) is 23.1 Å². The summed E-state index contributed by atoms with van der Waals surface area (Å²) in [5, 5.41) is 11.1. The molecule has 3 rings (SSSR count). The number of carbonyl (C=O) groups excluding carboxylic acids is 1. The van der Waals surface area contributed by atoms with E-state index in [1.165, 1.54) is 0 Å². The van der Waals surface area contributed by atoms with Crippen LogP contribution in [-0.4, -0.2) is 5.97 Å². The lowest BCUT2D eigenvalue weighted by Gasteiger charge is -2.33. The molecule has 0 aliphatic carbocycles. The Balaban J connectivity index is 2.35. The molecule has 0 aliphatic rings. The Bertz CT molecular complexity index is 731. The summed E-state index contributed by atoms with van der Waals surface area (Å²) in [4.78, 5) is 11.1. The molecule has 0 N–H and O–H groups in total. The summed E-state index contributed by atoms with van der Waals surface area (Å²) in [5.41, 5.74) is 2.81. The summed E-state index contributed by atoms with van der Waals surface area (Å²) in [6.07, 6.45) is 2.74. The highest BCUT2D eigenvalue weighted by Crippen LogP contribution is 2.43. The van der Waals surface area contributed by atoms with Crippen LogP contribution in [0.25, 0.3) is 0 Å². The molecular formula is C21H17NO2. The first-order chi connectivity index (χ1) is 11.7. The summed E-state index contributed by atoms with van der Waals surface area (Å²) in [6.45, 7) is 0. The predicted octanol–water partition coefficient (Wildman–Crippen LogP) is 3.92. The number of carboxylic acids is 1. The molecule has 0 fully saturated rings. The fraction of sp³-hybridized carbons (Fsp3) is 0. The topological polar surface area (TPSA) is 40.1 Å². The van der Waals surface area contributed by atoms with E-state index >= 15 is 0 Å². The Kier molecular flexibility index (Phi) is 4.54. The summed E-state index contributed by atoms with van der Waals surface area (Å²) in [5.74, 6) is -1.22. The van der Waals surface area contributed by atoms with Crippen molar-refractivity contribution in [2.75, 3.05) is 0 Å². The molecule has 0 aliphatic heterocycles. The summed E-state index contributed by atoms with van der Waals surface area (Å²) < 4.78 is 0.163. The largest absolute Gasteiger partial charge is 0.545 e. The normalized spacial score (nSPS) is 11.5. The maximum Gasteiger partial charge on any atom is 0.147 e. The molecule has 0 unspecified atom stereocenters. The van der Waals surface area contributed by atoms with Crippen LogP contribution in [0.15, 0.2) is 103 Å². The van der Waals surface area contributed by atoms with Gasteiger partial charge in [0.1, 0.15) is 23.3 Å². The molecule has 0 saturated heterocycles. The Morgan fingerprint density at radius 2 is 1.00 bits per heavy atom. The minimum absolute atomic E-state index is 0.163. The fourth-order valence-electron chi connectivity index (χ4n) is 2.87. The van der Waals surface area contributed by atoms with Crippen molar-refractivity contribution in [3.63, 3.8) is 0 Å². The van der Waals surface area contributed by atoms with Gasteiger partial charge in [0.15, 0.2) is 0 Å². The maximum atomic E-state index is 11.1. The van der Waals surface area contributed by atoms with Crippen LogP contribution in [0.4, 0.5) is 17.1 Å². The third-order valence-corrected chi connectivity index (χ3v) is 3.92. The molecule has 3 aromatic carbocycles. The van der Waals surface area contributed by atoms with Crippen molar-refractivity contribution in [1.82, 2.24) is 4.48 Å². The number of para-hydroxylation sites is 3. The van der Waals surface area contributed by atoms with E-state index in [1.54, 1.807) is 6.20 Å². The van der Waals surface area contributed by atoms with Crippen molar-refractivity contribution in [2.24, 2.45) is 0 Å². The van der Waals surface area contributed by atoms with Gasteiger partial charge in [-0.2, -0.15) is 0 Å². The second kappa shape index (κ2) is 6.94. The minimum Gasteiger partial charge on any atom is -0.545 e. The molecule has 0 spiro atoms. The van der Waals surface area contributed by atoms with Crippen molar-refractivity contribution in [1.29, 1.82) is 0 Å². The first kappa shape index (κ1) is 15.7. The van der Waals surface area contributed by atoms with Gasteiger partial charge in [0.2, 0.25) is 0 Å². The van der Waals surface area contributed by atoms with Crippen molar-refractivity contribution in [3.05, 3.63) is 103 Å². The summed E-state index contributed by atoms with van der Waals surface area (Å²) in [6, 6.07) is 29.4. The van der Waals surface area contributed by atoms with Gasteiger partial charge < -0.3 is 9.90 Å². The van der Waals surface area contributed by atoms with Gasteiger partial charge in [-0.15, -0.1) is 0 Å².